The molecule has 2 aliphatic heterocycles. The Kier molecular flexibility index (Phi) is 6.20. The van der Waals surface area contributed by atoms with Crippen LogP contribution in [-0.4, -0.2) is 47.5 Å². The average Bonchev–Trinajstić information content (AvgIpc) is 3.32. The molecule has 1 saturated heterocycles. The van der Waals surface area contributed by atoms with E-state index in [9.17, 15) is 4.79 Å². The number of aryl methyl sites for hydroxylation is 1. The first kappa shape index (κ1) is 21.7. The maximum absolute atomic E-state index is 12.9. The van der Waals surface area contributed by atoms with E-state index in [1.807, 2.05) is 54.3 Å². The van der Waals surface area contributed by atoms with Gasteiger partial charge in [0, 0.05) is 35.9 Å². The van der Waals surface area contributed by atoms with Crippen LogP contribution in [0.1, 0.15) is 24.0 Å². The van der Waals surface area contributed by atoms with E-state index in [0.29, 0.717) is 48.5 Å². The predicted octanol–water partition coefficient (Wildman–Crippen LogP) is 3.99. The molecule has 1 unspecified atom stereocenters. The fraction of sp³-hybridized carbons (Fsp3) is 0.360. The molecule has 0 aliphatic carbocycles. The van der Waals surface area contributed by atoms with Crippen LogP contribution in [0.15, 0.2) is 47.3 Å². The number of nitrogens with one attached hydrogen (secondary N) is 2. The summed E-state index contributed by atoms with van der Waals surface area (Å²) in [5.74, 6) is 1.35. The number of hydrogen-bond acceptors (Lipinski definition) is 5. The normalized spacial score (nSPS) is 17.2. The zero-order valence-corrected chi connectivity index (χ0v) is 19.4. The topological polar surface area (TPSA) is 75.8 Å². The molecular formula is C25H27N3O4S. The van der Waals surface area contributed by atoms with Gasteiger partial charge in [0.25, 0.3) is 5.56 Å². The second kappa shape index (κ2) is 9.41. The fourth-order valence-corrected chi connectivity index (χ4v) is 4.46. The Balaban J connectivity index is 1.42. The summed E-state index contributed by atoms with van der Waals surface area (Å²) in [5.41, 5.74) is 3.31. The Labute approximate surface area is 197 Å². The number of H-pyrrole nitrogens is 1. The minimum Gasteiger partial charge on any atom is -0.486 e. The summed E-state index contributed by atoms with van der Waals surface area (Å²) in [5, 5.41) is 4.77. The Bertz CT molecular complexity index is 1220. The minimum absolute atomic E-state index is 0.0971. The molecule has 5 rings (SSSR count). The molecule has 7 nitrogen and oxygen atoms in total. The Hall–Kier alpha value is -3.10. The lowest BCUT2D eigenvalue weighted by Gasteiger charge is -2.28. The first-order valence-electron chi connectivity index (χ1n) is 11.2. The first-order valence-corrected chi connectivity index (χ1v) is 11.7. The number of aromatic nitrogens is 1. The number of ether oxygens (including phenoxy) is 3. The summed E-state index contributed by atoms with van der Waals surface area (Å²) in [6.07, 6.45) is 2.13. The molecule has 172 valence electrons. The first-order chi connectivity index (χ1) is 16.0. The molecule has 2 aliphatic rings. The third-order valence-corrected chi connectivity index (χ3v) is 6.34. The lowest BCUT2D eigenvalue weighted by Crippen LogP contribution is -2.40. The van der Waals surface area contributed by atoms with E-state index in [1.165, 1.54) is 5.56 Å². The van der Waals surface area contributed by atoms with E-state index in [0.717, 1.165) is 36.0 Å². The fourth-order valence-electron chi connectivity index (χ4n) is 4.20. The number of thiocarbonyl (C=S) groups is 1. The number of fused-ring (bicyclic) bond motifs is 2. The van der Waals surface area contributed by atoms with E-state index >= 15 is 0 Å². The van der Waals surface area contributed by atoms with Crippen molar-refractivity contribution in [3.05, 3.63) is 63.9 Å². The molecule has 8 heteroatoms. The highest BCUT2D eigenvalue weighted by atomic mass is 32.1. The molecule has 0 spiro atoms. The van der Waals surface area contributed by atoms with E-state index < -0.39 is 0 Å². The number of anilines is 1. The highest BCUT2D eigenvalue weighted by molar-refractivity contribution is 7.80. The van der Waals surface area contributed by atoms with Crippen LogP contribution in [-0.2, 0) is 11.3 Å². The van der Waals surface area contributed by atoms with Crippen LogP contribution in [0, 0.1) is 6.92 Å². The molecule has 33 heavy (non-hydrogen) atoms. The monoisotopic (exact) mass is 465 g/mol. The van der Waals surface area contributed by atoms with Gasteiger partial charge in [0.1, 0.15) is 13.2 Å². The molecule has 1 atom stereocenters. The summed E-state index contributed by atoms with van der Waals surface area (Å²) in [6.45, 7) is 4.83. The van der Waals surface area contributed by atoms with Gasteiger partial charge in [-0.15, -0.1) is 0 Å². The van der Waals surface area contributed by atoms with Crippen molar-refractivity contribution < 1.29 is 14.2 Å². The molecule has 3 heterocycles. The van der Waals surface area contributed by atoms with Gasteiger partial charge >= 0.3 is 0 Å². The number of aromatic amines is 1. The van der Waals surface area contributed by atoms with Crippen LogP contribution in [0.2, 0.25) is 0 Å². The van der Waals surface area contributed by atoms with Gasteiger partial charge in [-0.25, -0.2) is 0 Å². The van der Waals surface area contributed by atoms with Crippen molar-refractivity contribution in [2.45, 2.75) is 32.4 Å². The average molecular weight is 466 g/mol. The van der Waals surface area contributed by atoms with Crippen molar-refractivity contribution in [1.82, 2.24) is 9.88 Å². The summed E-state index contributed by atoms with van der Waals surface area (Å²) in [6, 6.07) is 13.7. The Morgan fingerprint density at radius 1 is 1.12 bits per heavy atom. The molecule has 2 aromatic carbocycles. The summed E-state index contributed by atoms with van der Waals surface area (Å²) < 4.78 is 17.2. The smallest absolute Gasteiger partial charge is 0.253 e. The van der Waals surface area contributed by atoms with Gasteiger partial charge in [-0.1, -0.05) is 17.7 Å². The third kappa shape index (κ3) is 4.96. The van der Waals surface area contributed by atoms with Gasteiger partial charge < -0.3 is 29.4 Å². The zero-order valence-electron chi connectivity index (χ0n) is 18.6. The highest BCUT2D eigenvalue weighted by Gasteiger charge is 2.22. The van der Waals surface area contributed by atoms with Gasteiger partial charge in [0.15, 0.2) is 16.6 Å². The maximum Gasteiger partial charge on any atom is 0.253 e. The summed E-state index contributed by atoms with van der Waals surface area (Å²) in [7, 11) is 0. The predicted molar refractivity (Wildman–Crippen MR) is 132 cm³/mol. The van der Waals surface area contributed by atoms with E-state index in [-0.39, 0.29) is 11.7 Å². The lowest BCUT2D eigenvalue weighted by atomic mass is 10.1. The quantitative estimate of drug-likeness (QED) is 0.552. The van der Waals surface area contributed by atoms with Gasteiger partial charge in [-0.3, -0.25) is 4.79 Å². The molecule has 3 aromatic rings. The van der Waals surface area contributed by atoms with Crippen molar-refractivity contribution in [2.75, 3.05) is 31.7 Å². The second-order valence-corrected chi connectivity index (χ2v) is 8.91. The van der Waals surface area contributed by atoms with Crippen molar-refractivity contribution in [1.29, 1.82) is 0 Å². The van der Waals surface area contributed by atoms with Gasteiger partial charge in [-0.05, 0) is 56.2 Å². The minimum atomic E-state index is -0.144. The van der Waals surface area contributed by atoms with Crippen molar-refractivity contribution >= 4 is 33.9 Å². The van der Waals surface area contributed by atoms with Gasteiger partial charge in [-0.2, -0.15) is 0 Å². The summed E-state index contributed by atoms with van der Waals surface area (Å²) >= 11 is 5.75. The molecule has 2 N–H and O–H groups in total. The molecule has 0 saturated carbocycles. The van der Waals surface area contributed by atoms with Crippen LogP contribution in [0.5, 0.6) is 11.5 Å². The van der Waals surface area contributed by atoms with E-state index in [1.54, 1.807) is 0 Å². The molecule has 0 amide bonds. The van der Waals surface area contributed by atoms with Crippen LogP contribution < -0.4 is 20.3 Å². The highest BCUT2D eigenvalue weighted by Crippen LogP contribution is 2.33. The van der Waals surface area contributed by atoms with Gasteiger partial charge in [0.05, 0.1) is 18.2 Å². The van der Waals surface area contributed by atoms with Crippen molar-refractivity contribution in [3.8, 4) is 11.5 Å². The van der Waals surface area contributed by atoms with Crippen LogP contribution in [0.4, 0.5) is 5.69 Å². The standard InChI is InChI=1S/C25H27N3O4S/c1-16-4-6-19(7-5-16)26-25(33)28(15-20-3-2-8-30-20)14-18-11-17-12-22-23(32-10-9-31-22)13-21(17)27-24(18)29/h4-7,11-13,20H,2-3,8-10,14-15H2,1H3,(H,26,33)(H,27,29). The van der Waals surface area contributed by atoms with Crippen LogP contribution in [0.25, 0.3) is 10.9 Å². The molecule has 0 bridgehead atoms. The number of nitrogens with zero attached hydrogens (tertiary/aromatic N) is 1. The maximum atomic E-state index is 12.9. The van der Waals surface area contributed by atoms with E-state index in [2.05, 4.69) is 10.3 Å². The molecule has 1 fully saturated rings. The number of rotatable bonds is 5. The van der Waals surface area contributed by atoms with Gasteiger partial charge in [0.2, 0.25) is 0 Å². The number of hydrogen-bond donors (Lipinski definition) is 2. The van der Waals surface area contributed by atoms with Crippen LogP contribution >= 0.6 is 12.2 Å². The van der Waals surface area contributed by atoms with Crippen molar-refractivity contribution in [2.24, 2.45) is 0 Å². The summed E-state index contributed by atoms with van der Waals surface area (Å²) in [4.78, 5) is 17.9. The Morgan fingerprint density at radius 2 is 1.88 bits per heavy atom. The number of benzene rings is 2. The van der Waals surface area contributed by atoms with Crippen LogP contribution in [0.3, 0.4) is 0 Å². The van der Waals surface area contributed by atoms with E-state index in [4.69, 9.17) is 26.4 Å². The second-order valence-electron chi connectivity index (χ2n) is 8.52. The number of pyridine rings is 1. The Morgan fingerprint density at radius 3 is 2.61 bits per heavy atom. The lowest BCUT2D eigenvalue weighted by molar-refractivity contribution is 0.0904. The zero-order chi connectivity index (χ0) is 22.8. The van der Waals surface area contributed by atoms with Crippen molar-refractivity contribution in [3.63, 3.8) is 0 Å². The molecule has 0 radical (unpaired) electrons. The third-order valence-electron chi connectivity index (χ3n) is 5.98. The molecule has 1 aromatic heterocycles. The largest absolute Gasteiger partial charge is 0.486 e. The molecular weight excluding hydrogens is 438 g/mol. The SMILES string of the molecule is Cc1ccc(NC(=S)N(Cc2cc3cc4c(cc3[nH]c2=O)OCCO4)CC2CCCO2)cc1.